The molecule has 3 rings (SSSR count). The van der Waals surface area contributed by atoms with E-state index in [4.69, 9.17) is 16.6 Å². The second-order valence-corrected chi connectivity index (χ2v) is 8.95. The fourth-order valence-corrected chi connectivity index (χ4v) is 3.97. The van der Waals surface area contributed by atoms with Gasteiger partial charge < -0.3 is 26.8 Å². The van der Waals surface area contributed by atoms with Crippen molar-refractivity contribution in [2.45, 2.75) is 52.1 Å². The van der Waals surface area contributed by atoms with E-state index in [1.54, 1.807) is 37.4 Å². The van der Waals surface area contributed by atoms with E-state index in [9.17, 15) is 14.4 Å². The Morgan fingerprint density at radius 2 is 1.78 bits per heavy atom. The average molecular weight is 509 g/mol. The molecule has 0 fully saturated rings. The minimum atomic E-state index is -1.02. The highest BCUT2D eigenvalue weighted by Crippen LogP contribution is 2.19. The van der Waals surface area contributed by atoms with Gasteiger partial charge in [0, 0.05) is 30.6 Å². The number of carboxylic acids is 1. The molecule has 196 valence electrons. The molecule has 0 spiro atoms. The number of aromatic nitrogens is 4. The third-order valence-electron chi connectivity index (χ3n) is 5.97. The van der Waals surface area contributed by atoms with Gasteiger partial charge >= 0.3 is 5.97 Å². The van der Waals surface area contributed by atoms with Crippen LogP contribution in [0.15, 0.2) is 30.5 Å². The van der Waals surface area contributed by atoms with Crippen LogP contribution in [0.5, 0.6) is 0 Å². The van der Waals surface area contributed by atoms with Crippen molar-refractivity contribution < 1.29 is 19.5 Å². The van der Waals surface area contributed by atoms with Crippen LogP contribution in [0, 0.1) is 5.92 Å². The molecular formula is C25H32N8O4. The fraction of sp³-hybridized carbons (Fsp3) is 0.400. The highest BCUT2D eigenvalue weighted by Gasteiger charge is 2.26. The lowest BCUT2D eigenvalue weighted by Crippen LogP contribution is -2.43. The molecular weight excluding hydrogens is 476 g/mol. The number of nitrogens with two attached hydrogens (primary N) is 2. The van der Waals surface area contributed by atoms with Gasteiger partial charge in [0.25, 0.3) is 5.91 Å². The van der Waals surface area contributed by atoms with Crippen LogP contribution in [0.2, 0.25) is 0 Å². The zero-order valence-electron chi connectivity index (χ0n) is 21.1. The first-order chi connectivity index (χ1) is 17.6. The number of aliphatic carboxylic acids is 1. The third kappa shape index (κ3) is 7.09. The van der Waals surface area contributed by atoms with E-state index < -0.39 is 17.9 Å². The number of fused-ring (bicyclic) bond motifs is 1. The second kappa shape index (κ2) is 12.1. The Morgan fingerprint density at radius 3 is 2.43 bits per heavy atom. The average Bonchev–Trinajstić information content (AvgIpc) is 2.86. The van der Waals surface area contributed by atoms with Crippen molar-refractivity contribution in [2.75, 3.05) is 23.4 Å². The van der Waals surface area contributed by atoms with E-state index in [-0.39, 0.29) is 36.3 Å². The molecule has 1 amide bonds. The van der Waals surface area contributed by atoms with Crippen LogP contribution >= 0.6 is 0 Å². The van der Waals surface area contributed by atoms with Crippen molar-refractivity contribution in [3.05, 3.63) is 41.7 Å². The number of hydrogen-bond acceptors (Lipinski definition) is 10. The summed E-state index contributed by atoms with van der Waals surface area (Å²) in [7, 11) is 1.86. The van der Waals surface area contributed by atoms with E-state index in [1.165, 1.54) is 0 Å². The van der Waals surface area contributed by atoms with Crippen LogP contribution in [0.3, 0.4) is 0 Å². The van der Waals surface area contributed by atoms with Crippen LogP contribution in [-0.4, -0.2) is 55.8 Å². The lowest BCUT2D eigenvalue weighted by Gasteiger charge is -2.21. The topological polar surface area (TPSA) is 190 Å². The maximum atomic E-state index is 12.9. The van der Waals surface area contributed by atoms with Crippen LogP contribution in [0.25, 0.3) is 11.2 Å². The van der Waals surface area contributed by atoms with Gasteiger partial charge in [-0.3, -0.25) is 14.4 Å². The summed E-state index contributed by atoms with van der Waals surface area (Å²) in [4.78, 5) is 55.3. The Balaban J connectivity index is 1.69. The maximum Gasteiger partial charge on any atom is 0.303 e. The molecule has 0 aliphatic rings. The normalized spacial score (nSPS) is 12.6. The summed E-state index contributed by atoms with van der Waals surface area (Å²) in [6.45, 7) is 4.17. The Hall–Kier alpha value is -4.35. The summed E-state index contributed by atoms with van der Waals surface area (Å²) in [6.07, 6.45) is 2.92. The highest BCUT2D eigenvalue weighted by molar-refractivity contribution is 5.98. The molecule has 2 aromatic heterocycles. The molecule has 0 bridgehead atoms. The number of rotatable bonds is 12. The second-order valence-electron chi connectivity index (χ2n) is 8.95. The van der Waals surface area contributed by atoms with Crippen molar-refractivity contribution in [1.29, 1.82) is 0 Å². The van der Waals surface area contributed by atoms with Crippen molar-refractivity contribution in [2.24, 2.45) is 5.92 Å². The van der Waals surface area contributed by atoms with E-state index in [0.29, 0.717) is 35.4 Å². The largest absolute Gasteiger partial charge is 0.481 e. The van der Waals surface area contributed by atoms with Gasteiger partial charge in [-0.25, -0.2) is 9.97 Å². The lowest BCUT2D eigenvalue weighted by atomic mass is 9.93. The van der Waals surface area contributed by atoms with Gasteiger partial charge in [0.1, 0.15) is 0 Å². The summed E-state index contributed by atoms with van der Waals surface area (Å²) in [5.74, 6) is -1.69. The number of hydrogen-bond donors (Lipinski definition) is 4. The molecule has 2 atom stereocenters. The molecule has 1 aromatic carbocycles. The number of benzene rings is 1. The number of carbonyl (C=O) groups is 3. The minimum absolute atomic E-state index is 0.0290. The number of ketones is 1. The number of nitrogens with zero attached hydrogens (tertiary/aromatic N) is 5. The molecule has 0 aliphatic heterocycles. The molecule has 2 heterocycles. The van der Waals surface area contributed by atoms with Crippen LogP contribution in [-0.2, 0) is 16.1 Å². The molecule has 0 saturated carbocycles. The predicted octanol–water partition coefficient (Wildman–Crippen LogP) is 2.19. The zero-order chi connectivity index (χ0) is 27.1. The Labute approximate surface area is 214 Å². The van der Waals surface area contributed by atoms with Crippen LogP contribution < -0.4 is 21.7 Å². The predicted molar refractivity (Wildman–Crippen MR) is 140 cm³/mol. The van der Waals surface area contributed by atoms with Gasteiger partial charge in [0.15, 0.2) is 22.8 Å². The van der Waals surface area contributed by atoms with E-state index in [2.05, 4.69) is 25.3 Å². The van der Waals surface area contributed by atoms with Crippen molar-refractivity contribution in [3.63, 3.8) is 0 Å². The van der Waals surface area contributed by atoms with Crippen molar-refractivity contribution in [1.82, 2.24) is 25.3 Å². The summed E-state index contributed by atoms with van der Waals surface area (Å²) in [5.41, 5.74) is 14.0. The van der Waals surface area contributed by atoms with Crippen molar-refractivity contribution in [3.8, 4) is 0 Å². The first-order valence-corrected chi connectivity index (χ1v) is 12.0. The first-order valence-electron chi connectivity index (χ1n) is 12.0. The number of anilines is 3. The zero-order valence-corrected chi connectivity index (χ0v) is 21.1. The Morgan fingerprint density at radius 1 is 1.08 bits per heavy atom. The van der Waals surface area contributed by atoms with Gasteiger partial charge in [-0.1, -0.05) is 20.3 Å². The molecule has 1 unspecified atom stereocenters. The van der Waals surface area contributed by atoms with Gasteiger partial charge in [0.05, 0.1) is 24.5 Å². The number of Topliss-reactive ketones (excluding diaryl/α,β-unsaturated/α-hetero) is 1. The highest BCUT2D eigenvalue weighted by atomic mass is 16.4. The van der Waals surface area contributed by atoms with Gasteiger partial charge in [-0.2, -0.15) is 9.97 Å². The SMILES string of the molecule is CCCC(C)C(=O)[C@H](CCC(=O)O)NC(=O)c1ccc(N(C)Cc2cnc3nc(N)nc(N)c3n2)cc1. The summed E-state index contributed by atoms with van der Waals surface area (Å²) >= 11 is 0. The number of carboxylic acid groups (broad SMARTS) is 1. The lowest BCUT2D eigenvalue weighted by molar-refractivity contribution is -0.137. The Bertz CT molecular complexity index is 1280. The standard InChI is InChI=1S/C25H32N8O4/c1-4-5-14(2)21(36)18(10-11-19(34)35)30-24(37)15-6-8-17(9-7-15)33(3)13-16-12-28-23-20(29-16)22(26)31-25(27)32-23/h6-9,12,14,18H,4-5,10-11,13H2,1-3H3,(H,30,37)(H,34,35)(H4,26,27,28,31,32)/t14?,18-/m0/s1. The summed E-state index contributed by atoms with van der Waals surface area (Å²) in [6, 6.07) is 5.99. The fourth-order valence-electron chi connectivity index (χ4n) is 3.97. The Kier molecular flexibility index (Phi) is 8.88. The maximum absolute atomic E-state index is 12.9. The molecule has 12 heteroatoms. The van der Waals surface area contributed by atoms with Crippen LogP contribution in [0.1, 0.15) is 55.6 Å². The quantitative estimate of drug-likeness (QED) is 0.280. The van der Waals surface area contributed by atoms with Crippen LogP contribution in [0.4, 0.5) is 17.5 Å². The number of carbonyl (C=O) groups excluding carboxylic acids is 2. The molecule has 0 saturated heterocycles. The van der Waals surface area contributed by atoms with Crippen molar-refractivity contribution >= 4 is 46.3 Å². The van der Waals surface area contributed by atoms with Gasteiger partial charge in [0.2, 0.25) is 5.95 Å². The van der Waals surface area contributed by atoms with E-state index >= 15 is 0 Å². The first kappa shape index (κ1) is 27.2. The molecule has 3 aromatic rings. The summed E-state index contributed by atoms with van der Waals surface area (Å²) in [5, 5.41) is 11.8. The molecule has 12 nitrogen and oxygen atoms in total. The summed E-state index contributed by atoms with van der Waals surface area (Å²) < 4.78 is 0. The smallest absolute Gasteiger partial charge is 0.303 e. The number of nitrogen functional groups attached to an aromatic ring is 2. The van der Waals surface area contributed by atoms with E-state index in [0.717, 1.165) is 12.1 Å². The van der Waals surface area contributed by atoms with Gasteiger partial charge in [-0.05, 0) is 37.1 Å². The number of nitrogens with one attached hydrogen (secondary N) is 1. The molecule has 6 N–H and O–H groups in total. The monoisotopic (exact) mass is 508 g/mol. The minimum Gasteiger partial charge on any atom is -0.481 e. The molecule has 37 heavy (non-hydrogen) atoms. The third-order valence-corrected chi connectivity index (χ3v) is 5.97. The number of amides is 1. The molecule has 0 radical (unpaired) electrons. The van der Waals surface area contributed by atoms with E-state index in [1.807, 2.05) is 18.9 Å². The van der Waals surface area contributed by atoms with Gasteiger partial charge in [-0.15, -0.1) is 0 Å². The molecule has 0 aliphatic carbocycles.